The Bertz CT molecular complexity index is 170. The first-order valence-electron chi connectivity index (χ1n) is 2.83. The number of hydrogen-bond donors (Lipinski definition) is 2. The van der Waals surface area contributed by atoms with Crippen LogP contribution in [-0.2, 0) is 0 Å². The molecule has 3 heteroatoms. The molecule has 0 fully saturated rings. The summed E-state index contributed by atoms with van der Waals surface area (Å²) in [6.45, 7) is 5.46. The summed E-state index contributed by atoms with van der Waals surface area (Å²) in [5, 5.41) is 3.35. The minimum Gasteiger partial charge on any atom is -0.403 e. The molecule has 2 nitrogen and oxygen atoms in total. The van der Waals surface area contributed by atoms with Crippen molar-refractivity contribution in [3.05, 3.63) is 35.8 Å². The molecule has 0 amide bonds. The number of hydrogen-bond acceptors (Lipinski definition) is 2. The van der Waals surface area contributed by atoms with E-state index >= 15 is 0 Å². The highest BCUT2D eigenvalue weighted by Gasteiger charge is 1.87. The van der Waals surface area contributed by atoms with Crippen molar-refractivity contribution in [1.82, 2.24) is 5.32 Å². The molecule has 0 radical (unpaired) electrons. The van der Waals surface area contributed by atoms with E-state index in [1.807, 2.05) is 6.92 Å². The standard InChI is InChI=1S/C7H11ClN2/c1-6(2)7(8)5-10-4-3-9/h3-5,10H,1,9H2,2H3/b4-3-,7-5+. The van der Waals surface area contributed by atoms with Crippen LogP contribution in [0.1, 0.15) is 6.92 Å². The van der Waals surface area contributed by atoms with Crippen molar-refractivity contribution in [2.45, 2.75) is 6.92 Å². The molecule has 10 heavy (non-hydrogen) atoms. The minimum absolute atomic E-state index is 0.595. The van der Waals surface area contributed by atoms with E-state index in [-0.39, 0.29) is 0 Å². The van der Waals surface area contributed by atoms with Crippen LogP contribution in [0.4, 0.5) is 0 Å². The molecule has 0 aromatic heterocycles. The molecule has 0 heterocycles. The highest BCUT2D eigenvalue weighted by molar-refractivity contribution is 6.31. The Kier molecular flexibility index (Phi) is 4.50. The van der Waals surface area contributed by atoms with Gasteiger partial charge in [0.1, 0.15) is 0 Å². The average molecular weight is 159 g/mol. The van der Waals surface area contributed by atoms with E-state index in [0.29, 0.717) is 5.03 Å². The molecular weight excluding hydrogens is 148 g/mol. The van der Waals surface area contributed by atoms with E-state index in [4.69, 9.17) is 17.3 Å². The van der Waals surface area contributed by atoms with Crippen molar-refractivity contribution in [1.29, 1.82) is 0 Å². The monoisotopic (exact) mass is 158 g/mol. The molecule has 56 valence electrons. The van der Waals surface area contributed by atoms with Crippen molar-refractivity contribution >= 4 is 11.6 Å². The first kappa shape index (κ1) is 9.11. The summed E-state index contributed by atoms with van der Waals surface area (Å²) in [6, 6.07) is 0. The molecule has 3 N–H and O–H groups in total. The molecule has 0 aliphatic carbocycles. The van der Waals surface area contributed by atoms with Crippen molar-refractivity contribution in [3.8, 4) is 0 Å². The van der Waals surface area contributed by atoms with Crippen LogP contribution in [0.2, 0.25) is 0 Å². The van der Waals surface area contributed by atoms with Crippen molar-refractivity contribution < 1.29 is 0 Å². The maximum atomic E-state index is 5.68. The van der Waals surface area contributed by atoms with Crippen molar-refractivity contribution in [2.24, 2.45) is 5.73 Å². The van der Waals surface area contributed by atoms with Gasteiger partial charge in [-0.25, -0.2) is 0 Å². The number of nitrogens with two attached hydrogens (primary N) is 1. The number of allylic oxidation sites excluding steroid dienone is 2. The van der Waals surface area contributed by atoms with Gasteiger partial charge in [-0.2, -0.15) is 0 Å². The lowest BCUT2D eigenvalue weighted by Crippen LogP contribution is -1.95. The van der Waals surface area contributed by atoms with Gasteiger partial charge in [0.2, 0.25) is 0 Å². The van der Waals surface area contributed by atoms with Gasteiger partial charge in [0.05, 0.1) is 5.03 Å². The summed E-state index contributed by atoms with van der Waals surface area (Å²) in [5.74, 6) is 0. The molecule has 0 saturated heterocycles. The summed E-state index contributed by atoms with van der Waals surface area (Å²) in [5.41, 5.74) is 5.87. The lowest BCUT2D eigenvalue weighted by molar-refractivity contribution is 1.17. The molecule has 0 bridgehead atoms. The zero-order chi connectivity index (χ0) is 7.98. The fourth-order valence-corrected chi connectivity index (χ4v) is 0.363. The summed E-state index contributed by atoms with van der Waals surface area (Å²) in [4.78, 5) is 0. The zero-order valence-corrected chi connectivity index (χ0v) is 6.65. The van der Waals surface area contributed by atoms with E-state index in [0.717, 1.165) is 5.57 Å². The molecular formula is C7H11ClN2. The van der Waals surface area contributed by atoms with Gasteiger partial charge in [0.15, 0.2) is 0 Å². The quantitative estimate of drug-likeness (QED) is 0.614. The second kappa shape index (κ2) is 4.94. The van der Waals surface area contributed by atoms with Crippen LogP contribution < -0.4 is 11.1 Å². The van der Waals surface area contributed by atoms with Crippen molar-refractivity contribution in [2.75, 3.05) is 0 Å². The van der Waals surface area contributed by atoms with E-state index in [2.05, 4.69) is 11.9 Å². The number of halogens is 1. The molecule has 0 saturated carbocycles. The fourth-order valence-electron chi connectivity index (χ4n) is 0.300. The van der Waals surface area contributed by atoms with Crippen LogP contribution in [0.3, 0.4) is 0 Å². The molecule has 0 aromatic rings. The third-order valence-electron chi connectivity index (χ3n) is 0.810. The van der Waals surface area contributed by atoms with Gasteiger partial charge in [-0.15, -0.1) is 0 Å². The third-order valence-corrected chi connectivity index (χ3v) is 1.24. The minimum atomic E-state index is 0.595. The topological polar surface area (TPSA) is 38.0 Å². The van der Waals surface area contributed by atoms with E-state index in [1.165, 1.54) is 6.20 Å². The predicted molar refractivity (Wildman–Crippen MR) is 45.2 cm³/mol. The molecule has 0 spiro atoms. The second-order valence-corrected chi connectivity index (χ2v) is 2.21. The number of rotatable bonds is 3. The second-order valence-electron chi connectivity index (χ2n) is 1.80. The largest absolute Gasteiger partial charge is 0.403 e. The third kappa shape index (κ3) is 4.04. The SMILES string of the molecule is C=C(C)/C(Cl)=C\N/C=C\N. The van der Waals surface area contributed by atoms with Gasteiger partial charge in [-0.3, -0.25) is 0 Å². The van der Waals surface area contributed by atoms with Crippen LogP contribution in [0.15, 0.2) is 35.8 Å². The Morgan fingerprint density at radius 1 is 1.70 bits per heavy atom. The van der Waals surface area contributed by atoms with E-state index < -0.39 is 0 Å². The van der Waals surface area contributed by atoms with Crippen LogP contribution in [0.25, 0.3) is 0 Å². The molecule has 0 rings (SSSR count). The smallest absolute Gasteiger partial charge is 0.0589 e. The van der Waals surface area contributed by atoms with Crippen LogP contribution >= 0.6 is 11.6 Å². The lowest BCUT2D eigenvalue weighted by atomic mass is 10.3. The van der Waals surface area contributed by atoms with Gasteiger partial charge in [0.25, 0.3) is 0 Å². The average Bonchev–Trinajstić information content (AvgIpc) is 1.88. The molecule has 0 aliphatic heterocycles. The number of nitrogens with one attached hydrogen (secondary N) is 1. The summed E-state index contributed by atoms with van der Waals surface area (Å²) in [6.07, 6.45) is 4.58. The highest BCUT2D eigenvalue weighted by atomic mass is 35.5. The van der Waals surface area contributed by atoms with Gasteiger partial charge in [-0.1, -0.05) is 18.2 Å². The Labute approximate surface area is 66.1 Å². The Morgan fingerprint density at radius 3 is 2.70 bits per heavy atom. The van der Waals surface area contributed by atoms with Crippen molar-refractivity contribution in [3.63, 3.8) is 0 Å². The van der Waals surface area contributed by atoms with Gasteiger partial charge in [0, 0.05) is 18.6 Å². The van der Waals surface area contributed by atoms with Gasteiger partial charge >= 0.3 is 0 Å². The van der Waals surface area contributed by atoms with Crippen LogP contribution in [0.5, 0.6) is 0 Å². The molecule has 0 aromatic carbocycles. The first-order chi connectivity index (χ1) is 4.68. The Hall–Kier alpha value is -0.890. The van der Waals surface area contributed by atoms with E-state index in [9.17, 15) is 0 Å². The maximum Gasteiger partial charge on any atom is 0.0589 e. The highest BCUT2D eigenvalue weighted by Crippen LogP contribution is 2.09. The van der Waals surface area contributed by atoms with E-state index in [1.54, 1.807) is 12.4 Å². The zero-order valence-electron chi connectivity index (χ0n) is 5.89. The van der Waals surface area contributed by atoms with Crippen LogP contribution in [-0.4, -0.2) is 0 Å². The molecule has 0 aliphatic rings. The Balaban J connectivity index is 3.80. The lowest BCUT2D eigenvalue weighted by Gasteiger charge is -1.94. The fraction of sp³-hybridized carbons (Fsp3) is 0.143. The first-order valence-corrected chi connectivity index (χ1v) is 3.20. The van der Waals surface area contributed by atoms with Gasteiger partial charge < -0.3 is 11.1 Å². The predicted octanol–water partition coefficient (Wildman–Crippen LogP) is 1.66. The maximum absolute atomic E-state index is 5.68. The van der Waals surface area contributed by atoms with Crippen LogP contribution in [0, 0.1) is 0 Å². The summed E-state index contributed by atoms with van der Waals surface area (Å²) < 4.78 is 0. The summed E-state index contributed by atoms with van der Waals surface area (Å²) in [7, 11) is 0. The Morgan fingerprint density at radius 2 is 2.30 bits per heavy atom. The molecule has 0 unspecified atom stereocenters. The van der Waals surface area contributed by atoms with Gasteiger partial charge in [-0.05, 0) is 12.5 Å². The normalized spacial score (nSPS) is 12.0. The summed E-state index contributed by atoms with van der Waals surface area (Å²) >= 11 is 5.68. The molecule has 0 atom stereocenters.